The number of aliphatic hydroxyl groups is 1. The minimum Gasteiger partial charge on any atom is -0.468 e. The van der Waals surface area contributed by atoms with Crippen molar-refractivity contribution >= 4 is 35.7 Å². The Kier molecular flexibility index (Phi) is 9.09. The molecular formula is C22H27BrN3O9P. The number of ether oxygens (including phenoxy) is 2. The van der Waals surface area contributed by atoms with E-state index in [0.717, 1.165) is 4.57 Å². The van der Waals surface area contributed by atoms with Crippen LogP contribution in [0.2, 0.25) is 0 Å². The Balaban J connectivity index is 1.79. The summed E-state index contributed by atoms with van der Waals surface area (Å²) in [7, 11) is -3.01. The number of esters is 1. The molecule has 3 N–H and O–H groups in total. The van der Waals surface area contributed by atoms with Gasteiger partial charge in [-0.1, -0.05) is 34.1 Å². The van der Waals surface area contributed by atoms with Gasteiger partial charge in [0.25, 0.3) is 5.56 Å². The number of nitrogens with one attached hydrogen (secondary N) is 2. The van der Waals surface area contributed by atoms with E-state index in [1.165, 1.54) is 38.2 Å². The normalized spacial score (nSPS) is 21.9. The highest BCUT2D eigenvalue weighted by Gasteiger charge is 2.42. The van der Waals surface area contributed by atoms with Crippen LogP contribution in [0.15, 0.2) is 51.1 Å². The summed E-state index contributed by atoms with van der Waals surface area (Å²) >= 11 is 3.08. The zero-order valence-electron chi connectivity index (χ0n) is 19.8. The predicted molar refractivity (Wildman–Crippen MR) is 134 cm³/mol. The number of aromatic nitrogens is 2. The van der Waals surface area contributed by atoms with Gasteiger partial charge in [-0.2, -0.15) is 5.09 Å². The average Bonchev–Trinajstić information content (AvgIpc) is 3.19. The van der Waals surface area contributed by atoms with Crippen LogP contribution in [-0.4, -0.2) is 52.1 Å². The van der Waals surface area contributed by atoms with Crippen LogP contribution in [0, 0.1) is 0 Å². The van der Waals surface area contributed by atoms with Crippen LogP contribution >= 0.6 is 23.7 Å². The molecule has 36 heavy (non-hydrogen) atoms. The average molecular weight is 588 g/mol. The Morgan fingerprint density at radius 3 is 2.69 bits per heavy atom. The lowest BCUT2D eigenvalue weighted by Crippen LogP contribution is -2.47. The number of carbonyl (C=O) groups excluding carboxylic acids is 1. The van der Waals surface area contributed by atoms with Gasteiger partial charge >= 0.3 is 19.4 Å². The van der Waals surface area contributed by atoms with E-state index in [2.05, 4.69) is 26.0 Å². The fourth-order valence-electron chi connectivity index (χ4n) is 3.45. The first kappa shape index (κ1) is 28.0. The van der Waals surface area contributed by atoms with Gasteiger partial charge in [-0.3, -0.25) is 23.7 Å². The van der Waals surface area contributed by atoms with Gasteiger partial charge in [0.2, 0.25) is 0 Å². The molecule has 0 bridgehead atoms. The van der Waals surface area contributed by atoms with Gasteiger partial charge in [-0.25, -0.2) is 9.36 Å². The monoisotopic (exact) mass is 587 g/mol. The molecule has 1 aromatic carbocycles. The van der Waals surface area contributed by atoms with Gasteiger partial charge in [-0.05, 0) is 37.0 Å². The Morgan fingerprint density at radius 1 is 1.36 bits per heavy atom. The van der Waals surface area contributed by atoms with Crippen molar-refractivity contribution in [2.45, 2.75) is 44.2 Å². The van der Waals surface area contributed by atoms with Gasteiger partial charge < -0.3 is 19.1 Å². The highest BCUT2D eigenvalue weighted by molar-refractivity contribution is 9.11. The number of carbonyl (C=O) groups is 1. The fraction of sp³-hybridized carbons (Fsp3) is 0.409. The summed E-state index contributed by atoms with van der Waals surface area (Å²) in [6.45, 7) is 2.49. The van der Waals surface area contributed by atoms with Crippen LogP contribution in [-0.2, 0) is 23.4 Å². The number of H-pyrrole nitrogens is 1. The lowest BCUT2D eigenvalue weighted by Gasteiger charge is -2.29. The highest BCUT2D eigenvalue weighted by Crippen LogP contribution is 2.47. The highest BCUT2D eigenvalue weighted by atomic mass is 79.9. The van der Waals surface area contributed by atoms with E-state index in [1.54, 1.807) is 30.3 Å². The van der Waals surface area contributed by atoms with E-state index in [9.17, 15) is 24.1 Å². The SMILES string of the molecule is COC(=O)C(C)(C)NP(=O)(OC[C@H]1O[C@@H](n2cc(/C=C/Br)c(=O)[nH]c2=O)C[C@@H]1O)Oc1ccccc1. The van der Waals surface area contributed by atoms with Crippen molar-refractivity contribution in [1.82, 2.24) is 14.6 Å². The molecule has 1 unspecified atom stereocenters. The number of rotatable bonds is 10. The number of aromatic amines is 1. The predicted octanol–water partition coefficient (Wildman–Crippen LogP) is 2.30. The van der Waals surface area contributed by atoms with Crippen molar-refractivity contribution in [3.63, 3.8) is 0 Å². The number of hydrogen-bond donors (Lipinski definition) is 3. The Labute approximate surface area is 214 Å². The van der Waals surface area contributed by atoms with Crippen molar-refractivity contribution in [1.29, 1.82) is 0 Å². The molecule has 2 heterocycles. The molecule has 14 heteroatoms. The maximum Gasteiger partial charge on any atom is 0.459 e. The number of nitrogens with zero attached hydrogens (tertiary/aromatic N) is 1. The van der Waals surface area contributed by atoms with E-state index < -0.39 is 55.5 Å². The van der Waals surface area contributed by atoms with Gasteiger partial charge in [0.1, 0.15) is 23.6 Å². The smallest absolute Gasteiger partial charge is 0.459 e. The molecule has 1 aliphatic heterocycles. The molecule has 196 valence electrons. The summed E-state index contributed by atoms with van der Waals surface area (Å²) < 4.78 is 36.5. The van der Waals surface area contributed by atoms with Crippen LogP contribution in [0.25, 0.3) is 6.08 Å². The van der Waals surface area contributed by atoms with Gasteiger partial charge in [0.15, 0.2) is 0 Å². The van der Waals surface area contributed by atoms with Crippen LogP contribution in [0.4, 0.5) is 0 Å². The van der Waals surface area contributed by atoms with Gasteiger partial charge in [-0.15, -0.1) is 0 Å². The molecular weight excluding hydrogens is 561 g/mol. The Morgan fingerprint density at radius 2 is 2.06 bits per heavy atom. The van der Waals surface area contributed by atoms with Crippen molar-refractivity contribution in [3.8, 4) is 5.75 Å². The molecule has 2 aromatic rings. The largest absolute Gasteiger partial charge is 0.468 e. The molecule has 1 aliphatic rings. The molecule has 1 saturated heterocycles. The summed E-state index contributed by atoms with van der Waals surface area (Å²) in [5, 5.41) is 13.1. The van der Waals surface area contributed by atoms with Crippen LogP contribution in [0.3, 0.4) is 0 Å². The van der Waals surface area contributed by atoms with Crippen LogP contribution < -0.4 is 20.9 Å². The van der Waals surface area contributed by atoms with E-state index in [-0.39, 0.29) is 17.7 Å². The molecule has 4 atom stereocenters. The molecule has 1 aromatic heterocycles. The standard InChI is InChI=1S/C22H27BrN3O9P/c1-22(2,20(29)32-3)25-36(31,35-15-7-5-4-6-8-15)33-13-17-16(27)11-18(34-17)26-12-14(9-10-23)19(28)24-21(26)30/h4-10,12,16-18,27H,11,13H2,1-3H3,(H,25,31)(H,24,28,30)/b10-9+/t16-,17+,18+,36?/m0/s1. The quantitative estimate of drug-likeness (QED) is 0.278. The summed E-state index contributed by atoms with van der Waals surface area (Å²) in [6.07, 6.45) is -0.254. The first-order chi connectivity index (χ1) is 17.0. The van der Waals surface area contributed by atoms with Crippen molar-refractivity contribution in [2.24, 2.45) is 0 Å². The summed E-state index contributed by atoms with van der Waals surface area (Å²) in [4.78, 5) is 40.1. The van der Waals surface area contributed by atoms with Crippen LogP contribution in [0.1, 0.15) is 32.1 Å². The van der Waals surface area contributed by atoms with Crippen LogP contribution in [0.5, 0.6) is 5.75 Å². The lowest BCUT2D eigenvalue weighted by atomic mass is 10.1. The maximum absolute atomic E-state index is 13.6. The first-order valence-corrected chi connectivity index (χ1v) is 13.3. The van der Waals surface area contributed by atoms with E-state index in [0.29, 0.717) is 0 Å². The molecule has 3 rings (SSSR count). The molecule has 0 amide bonds. The van der Waals surface area contributed by atoms with E-state index >= 15 is 0 Å². The minimum atomic E-state index is -4.21. The number of halogens is 1. The zero-order chi connectivity index (χ0) is 26.5. The van der Waals surface area contributed by atoms with Crippen molar-refractivity contribution in [3.05, 3.63) is 67.9 Å². The van der Waals surface area contributed by atoms with Gasteiger partial charge in [0.05, 0.1) is 25.4 Å². The minimum absolute atomic E-state index is 0.00235. The molecule has 1 fully saturated rings. The first-order valence-electron chi connectivity index (χ1n) is 10.8. The second-order valence-corrected chi connectivity index (χ2v) is 10.6. The topological polar surface area (TPSA) is 158 Å². The number of benzene rings is 1. The lowest BCUT2D eigenvalue weighted by molar-refractivity contribution is -0.146. The van der Waals surface area contributed by atoms with Gasteiger partial charge in [0, 0.05) is 12.6 Å². The Hall–Kier alpha value is -2.54. The molecule has 0 aliphatic carbocycles. The molecule has 0 saturated carbocycles. The number of aliphatic hydroxyl groups excluding tert-OH is 1. The third kappa shape index (κ3) is 6.81. The second kappa shape index (κ2) is 11.7. The number of para-hydroxylation sites is 1. The zero-order valence-corrected chi connectivity index (χ0v) is 22.2. The molecule has 12 nitrogen and oxygen atoms in total. The Bertz CT molecular complexity index is 1260. The number of hydrogen-bond acceptors (Lipinski definition) is 9. The second-order valence-electron chi connectivity index (χ2n) is 8.40. The van der Waals surface area contributed by atoms with Crippen molar-refractivity contribution in [2.75, 3.05) is 13.7 Å². The fourth-order valence-corrected chi connectivity index (χ4v) is 5.42. The van der Waals surface area contributed by atoms with E-state index in [1.807, 2.05) is 0 Å². The third-order valence-electron chi connectivity index (χ3n) is 5.24. The van der Waals surface area contributed by atoms with Crippen molar-refractivity contribution < 1.29 is 33.0 Å². The summed E-state index contributed by atoms with van der Waals surface area (Å²) in [5.41, 5.74) is -2.55. The van der Waals surface area contributed by atoms with E-state index in [4.69, 9.17) is 18.5 Å². The number of methoxy groups -OCH3 is 1. The molecule has 0 radical (unpaired) electrons. The summed E-state index contributed by atoms with van der Waals surface area (Å²) in [5.74, 6) is -0.488. The molecule has 0 spiro atoms. The maximum atomic E-state index is 13.6. The third-order valence-corrected chi connectivity index (χ3v) is 7.28. The summed E-state index contributed by atoms with van der Waals surface area (Å²) in [6, 6.07) is 8.19.